The Bertz CT molecular complexity index is 580. The first-order valence-corrected chi connectivity index (χ1v) is 10.1. The van der Waals surface area contributed by atoms with Gasteiger partial charge in [0, 0.05) is 42.9 Å². The highest BCUT2D eigenvalue weighted by molar-refractivity contribution is 14.0. The predicted molar refractivity (Wildman–Crippen MR) is 123 cm³/mol. The highest BCUT2D eigenvalue weighted by Crippen LogP contribution is 2.21. The summed E-state index contributed by atoms with van der Waals surface area (Å²) in [7, 11) is 1.79. The van der Waals surface area contributed by atoms with Crippen LogP contribution >= 0.6 is 35.7 Å². The van der Waals surface area contributed by atoms with Crippen molar-refractivity contribution in [1.82, 2.24) is 15.5 Å². The molecule has 152 valence electrons. The van der Waals surface area contributed by atoms with Gasteiger partial charge in [-0.3, -0.25) is 4.99 Å². The molecule has 1 amide bonds. The van der Waals surface area contributed by atoms with Gasteiger partial charge in [0.05, 0.1) is 6.61 Å². The highest BCUT2D eigenvalue weighted by atomic mass is 127. The molecule has 27 heavy (non-hydrogen) atoms. The van der Waals surface area contributed by atoms with Crippen molar-refractivity contribution in [2.45, 2.75) is 42.9 Å². The summed E-state index contributed by atoms with van der Waals surface area (Å²) in [6, 6.07) is 10.7. The molecule has 0 aromatic heterocycles. The number of thioether (sulfide) groups is 1. The molecule has 8 heteroatoms. The lowest BCUT2D eigenvalue weighted by Gasteiger charge is -2.32. The zero-order chi connectivity index (χ0) is 18.8. The van der Waals surface area contributed by atoms with Crippen molar-refractivity contribution in [3.05, 3.63) is 30.3 Å². The number of hydrogen-bond acceptors (Lipinski definition) is 4. The Hall–Kier alpha value is -1.16. The summed E-state index contributed by atoms with van der Waals surface area (Å²) in [6.45, 7) is 6.73. The van der Waals surface area contributed by atoms with Crippen LogP contribution < -0.4 is 10.6 Å². The number of benzene rings is 1. The van der Waals surface area contributed by atoms with E-state index in [0.29, 0.717) is 31.0 Å². The Labute approximate surface area is 183 Å². The smallest absolute Gasteiger partial charge is 0.409 e. The molecule has 1 atom stereocenters. The monoisotopic (exact) mass is 506 g/mol. The normalized spacial score (nSPS) is 16.3. The van der Waals surface area contributed by atoms with Crippen molar-refractivity contribution in [1.29, 1.82) is 0 Å². The van der Waals surface area contributed by atoms with Crippen LogP contribution in [0.15, 0.2) is 40.2 Å². The van der Waals surface area contributed by atoms with Crippen LogP contribution in [0.3, 0.4) is 0 Å². The fourth-order valence-electron chi connectivity index (χ4n) is 2.82. The number of amides is 1. The number of aliphatic imine (C=N–C) groups is 1. The fraction of sp³-hybridized carbons (Fsp3) is 0.579. The van der Waals surface area contributed by atoms with E-state index in [1.165, 1.54) is 4.90 Å². The van der Waals surface area contributed by atoms with Gasteiger partial charge in [0.1, 0.15) is 0 Å². The fourth-order valence-corrected chi connectivity index (χ4v) is 3.77. The highest BCUT2D eigenvalue weighted by Gasteiger charge is 2.24. The van der Waals surface area contributed by atoms with E-state index in [2.05, 4.69) is 46.8 Å². The number of carbonyl (C=O) groups is 1. The first-order chi connectivity index (χ1) is 12.6. The van der Waals surface area contributed by atoms with Gasteiger partial charge in [0.25, 0.3) is 0 Å². The quantitative estimate of drug-likeness (QED) is 0.267. The molecule has 1 fully saturated rings. The number of halogens is 1. The predicted octanol–water partition coefficient (Wildman–Crippen LogP) is 3.57. The Morgan fingerprint density at radius 1 is 1.33 bits per heavy atom. The largest absolute Gasteiger partial charge is 0.450 e. The van der Waals surface area contributed by atoms with Crippen molar-refractivity contribution < 1.29 is 9.53 Å². The molecular formula is C19H31IN4O2S. The van der Waals surface area contributed by atoms with Crippen molar-refractivity contribution in [2.75, 3.05) is 33.3 Å². The molecule has 1 aromatic carbocycles. The maximum absolute atomic E-state index is 11.8. The van der Waals surface area contributed by atoms with Gasteiger partial charge >= 0.3 is 6.09 Å². The number of carbonyl (C=O) groups excluding carboxylic acids is 1. The molecular weight excluding hydrogens is 475 g/mol. The molecule has 1 aliphatic rings. The first-order valence-electron chi connectivity index (χ1n) is 9.23. The van der Waals surface area contributed by atoms with E-state index in [9.17, 15) is 4.79 Å². The van der Waals surface area contributed by atoms with Gasteiger partial charge in [-0.1, -0.05) is 25.1 Å². The van der Waals surface area contributed by atoms with E-state index in [4.69, 9.17) is 4.74 Å². The van der Waals surface area contributed by atoms with E-state index in [-0.39, 0.29) is 30.1 Å². The van der Waals surface area contributed by atoms with Crippen LogP contribution in [0.1, 0.15) is 26.7 Å². The lowest BCUT2D eigenvalue weighted by molar-refractivity contribution is 0.0963. The van der Waals surface area contributed by atoms with Crippen LogP contribution in [0.2, 0.25) is 0 Å². The van der Waals surface area contributed by atoms with Gasteiger partial charge in [-0.05, 0) is 31.9 Å². The number of nitrogens with one attached hydrogen (secondary N) is 2. The average Bonchev–Trinajstić information content (AvgIpc) is 2.66. The molecule has 1 saturated heterocycles. The van der Waals surface area contributed by atoms with Gasteiger partial charge in [-0.15, -0.1) is 35.7 Å². The van der Waals surface area contributed by atoms with E-state index in [1.807, 2.05) is 24.8 Å². The summed E-state index contributed by atoms with van der Waals surface area (Å²) in [5.41, 5.74) is 0. The van der Waals surface area contributed by atoms with Crippen LogP contribution in [0.25, 0.3) is 0 Å². The molecule has 6 nitrogen and oxygen atoms in total. The average molecular weight is 506 g/mol. The van der Waals surface area contributed by atoms with Gasteiger partial charge in [0.15, 0.2) is 5.96 Å². The molecule has 1 unspecified atom stereocenters. The minimum atomic E-state index is -0.208. The molecule has 1 heterocycles. The lowest BCUT2D eigenvalue weighted by Crippen LogP contribution is -2.50. The Balaban J connectivity index is 0.00000364. The summed E-state index contributed by atoms with van der Waals surface area (Å²) in [5, 5.41) is 7.30. The van der Waals surface area contributed by atoms with Crippen LogP contribution in [-0.4, -0.2) is 61.5 Å². The molecule has 1 aromatic rings. The summed E-state index contributed by atoms with van der Waals surface area (Å²) in [5.74, 6) is 0.820. The molecule has 0 aliphatic carbocycles. The van der Waals surface area contributed by atoms with E-state index < -0.39 is 0 Å². The van der Waals surface area contributed by atoms with E-state index in [0.717, 1.165) is 25.3 Å². The topological polar surface area (TPSA) is 66.0 Å². The number of guanidine groups is 1. The molecule has 0 spiro atoms. The maximum atomic E-state index is 11.8. The minimum Gasteiger partial charge on any atom is -0.450 e. The number of ether oxygens (including phenoxy) is 1. The van der Waals surface area contributed by atoms with Gasteiger partial charge in [0.2, 0.25) is 0 Å². The van der Waals surface area contributed by atoms with Crippen LogP contribution in [0.4, 0.5) is 4.79 Å². The van der Waals surface area contributed by atoms with Gasteiger partial charge in [-0.25, -0.2) is 4.79 Å². The number of likely N-dealkylation sites (tertiary alicyclic amines) is 1. The maximum Gasteiger partial charge on any atom is 0.409 e. The standard InChI is InChI=1S/C19H30N4O2S.HI/c1-4-25-19(24)23-12-10-16(11-13-23)22-18(20-3)21-14-15(2)26-17-8-6-5-7-9-17;/h5-9,15-16H,4,10-14H2,1-3H3,(H2,20,21,22);1H. The SMILES string of the molecule is CCOC(=O)N1CCC(NC(=NC)NCC(C)Sc2ccccc2)CC1.I. The number of rotatable bonds is 6. The van der Waals surface area contributed by atoms with E-state index in [1.54, 1.807) is 11.9 Å². The van der Waals surface area contributed by atoms with Crippen LogP contribution in [-0.2, 0) is 4.74 Å². The lowest BCUT2D eigenvalue weighted by atomic mass is 10.1. The summed E-state index contributed by atoms with van der Waals surface area (Å²) in [4.78, 5) is 19.1. The molecule has 0 saturated carbocycles. The summed E-state index contributed by atoms with van der Waals surface area (Å²) in [6.07, 6.45) is 1.59. The third kappa shape index (κ3) is 8.59. The van der Waals surface area contributed by atoms with Crippen molar-refractivity contribution in [3.63, 3.8) is 0 Å². The molecule has 2 N–H and O–H groups in total. The second-order valence-corrected chi connectivity index (χ2v) is 7.81. The number of piperidine rings is 1. The van der Waals surface area contributed by atoms with Crippen molar-refractivity contribution >= 4 is 47.8 Å². The molecule has 0 bridgehead atoms. The number of nitrogens with zero attached hydrogens (tertiary/aromatic N) is 2. The first kappa shape index (κ1) is 23.9. The van der Waals surface area contributed by atoms with Gasteiger partial charge < -0.3 is 20.3 Å². The molecule has 0 radical (unpaired) electrons. The zero-order valence-electron chi connectivity index (χ0n) is 16.3. The van der Waals surface area contributed by atoms with Gasteiger partial charge in [-0.2, -0.15) is 0 Å². The second-order valence-electron chi connectivity index (χ2n) is 6.30. The molecule has 2 rings (SSSR count). The third-order valence-electron chi connectivity index (χ3n) is 4.22. The second kappa shape index (κ2) is 13.1. The molecule has 1 aliphatic heterocycles. The zero-order valence-corrected chi connectivity index (χ0v) is 19.5. The minimum absolute atomic E-state index is 0. The Morgan fingerprint density at radius 2 is 2.00 bits per heavy atom. The Kier molecular flexibility index (Phi) is 11.6. The van der Waals surface area contributed by atoms with Crippen LogP contribution in [0.5, 0.6) is 0 Å². The van der Waals surface area contributed by atoms with Crippen LogP contribution in [0, 0.1) is 0 Å². The number of hydrogen-bond donors (Lipinski definition) is 2. The summed E-state index contributed by atoms with van der Waals surface area (Å²) < 4.78 is 5.06. The third-order valence-corrected chi connectivity index (χ3v) is 5.34. The van der Waals surface area contributed by atoms with E-state index >= 15 is 0 Å². The Morgan fingerprint density at radius 3 is 2.59 bits per heavy atom. The van der Waals surface area contributed by atoms with Crippen molar-refractivity contribution in [3.8, 4) is 0 Å². The van der Waals surface area contributed by atoms with Crippen molar-refractivity contribution in [2.24, 2.45) is 4.99 Å². The summed E-state index contributed by atoms with van der Waals surface area (Å²) >= 11 is 1.85.